The Morgan fingerprint density at radius 3 is 2.48 bits per heavy atom. The van der Waals surface area contributed by atoms with Crippen LogP contribution in [0.4, 0.5) is 0 Å². The van der Waals surface area contributed by atoms with Crippen molar-refractivity contribution in [2.75, 3.05) is 7.11 Å². The maximum Gasteiger partial charge on any atom is 0.187 e. The van der Waals surface area contributed by atoms with Crippen molar-refractivity contribution in [1.29, 1.82) is 0 Å². The Balaban J connectivity index is 2.45. The summed E-state index contributed by atoms with van der Waals surface area (Å²) in [6, 6.07) is 11.3. The highest BCUT2D eigenvalue weighted by atomic mass is 35.5. The molecule has 2 rings (SSSR count). The van der Waals surface area contributed by atoms with Gasteiger partial charge in [-0.2, -0.15) is 0 Å². The number of nitrogens with zero attached hydrogens (tertiary/aromatic N) is 1. The predicted molar refractivity (Wildman–Crippen MR) is 93.7 cm³/mol. The minimum absolute atomic E-state index is 0.404. The van der Waals surface area contributed by atoms with Crippen molar-refractivity contribution in [3.63, 3.8) is 0 Å². The molecule has 0 atom stereocenters. The Morgan fingerprint density at radius 2 is 1.87 bits per heavy atom. The fraction of sp³-hybridized carbons (Fsp3) is 0.235. The van der Waals surface area contributed by atoms with Crippen LogP contribution in [-0.2, 0) is 9.57 Å². The molecule has 0 saturated heterocycles. The predicted octanol–water partition coefficient (Wildman–Crippen LogP) is 4.70. The van der Waals surface area contributed by atoms with Crippen LogP contribution in [0.15, 0.2) is 48.8 Å². The molecule has 23 heavy (non-hydrogen) atoms. The number of aromatic nitrogens is 1. The molecule has 0 aliphatic rings. The maximum absolute atomic E-state index is 6.56. The summed E-state index contributed by atoms with van der Waals surface area (Å²) in [6.07, 6.45) is 3.22. The number of pyridine rings is 1. The van der Waals surface area contributed by atoms with Gasteiger partial charge in [0.05, 0.1) is 15.8 Å². The molecule has 0 bridgehead atoms. The zero-order valence-corrected chi connectivity index (χ0v) is 14.7. The first kappa shape index (κ1) is 17.8. The molecule has 0 amide bonds. The number of halogens is 2. The van der Waals surface area contributed by atoms with Crippen molar-refractivity contribution < 1.29 is 9.57 Å². The van der Waals surface area contributed by atoms with Crippen molar-refractivity contribution in [3.05, 3.63) is 64.9 Å². The molecule has 0 aliphatic carbocycles. The summed E-state index contributed by atoms with van der Waals surface area (Å²) in [6.45, 7) is 3.57. The van der Waals surface area contributed by atoms with E-state index >= 15 is 0 Å². The first-order valence-electron chi connectivity index (χ1n) is 6.99. The maximum atomic E-state index is 6.56. The SMILES string of the molecule is COC(C)(C)ONC(=C(Cl)c1cnccc1Cl)c1ccccc1. The molecule has 0 spiro atoms. The van der Waals surface area contributed by atoms with E-state index in [1.807, 2.05) is 30.3 Å². The van der Waals surface area contributed by atoms with E-state index in [1.54, 1.807) is 39.4 Å². The van der Waals surface area contributed by atoms with Gasteiger partial charge in [-0.1, -0.05) is 53.5 Å². The summed E-state index contributed by atoms with van der Waals surface area (Å²) in [5, 5.41) is 0.910. The number of hydrogen-bond donors (Lipinski definition) is 1. The number of benzene rings is 1. The second-order valence-corrected chi connectivity index (χ2v) is 6.00. The second-order valence-electron chi connectivity index (χ2n) is 5.22. The van der Waals surface area contributed by atoms with E-state index in [0.29, 0.717) is 21.3 Å². The van der Waals surface area contributed by atoms with Gasteiger partial charge in [-0.25, -0.2) is 4.84 Å². The molecule has 2 aromatic rings. The van der Waals surface area contributed by atoms with E-state index < -0.39 is 5.79 Å². The third-order valence-electron chi connectivity index (χ3n) is 3.18. The quantitative estimate of drug-likeness (QED) is 0.604. The fourth-order valence-electron chi connectivity index (χ4n) is 1.72. The van der Waals surface area contributed by atoms with E-state index in [9.17, 15) is 0 Å². The first-order chi connectivity index (χ1) is 10.9. The second kappa shape index (κ2) is 7.79. The zero-order valence-electron chi connectivity index (χ0n) is 13.1. The van der Waals surface area contributed by atoms with Crippen LogP contribution in [0, 0.1) is 0 Å². The molecule has 0 aliphatic heterocycles. The zero-order chi connectivity index (χ0) is 16.9. The van der Waals surface area contributed by atoms with Gasteiger partial charge in [0.2, 0.25) is 0 Å². The highest BCUT2D eigenvalue weighted by Gasteiger charge is 2.20. The Labute approximate surface area is 146 Å². The molecule has 1 heterocycles. The molecule has 1 N–H and O–H groups in total. The summed E-state index contributed by atoms with van der Waals surface area (Å²) >= 11 is 12.8. The number of hydroxylamine groups is 1. The van der Waals surface area contributed by atoms with Gasteiger partial charge in [-0.05, 0) is 19.9 Å². The van der Waals surface area contributed by atoms with E-state index in [1.165, 1.54) is 0 Å². The number of hydrogen-bond acceptors (Lipinski definition) is 4. The summed E-state index contributed by atoms with van der Waals surface area (Å²) in [7, 11) is 1.56. The molecule has 0 fully saturated rings. The largest absolute Gasteiger partial charge is 0.352 e. The minimum Gasteiger partial charge on any atom is -0.352 e. The van der Waals surface area contributed by atoms with Crippen molar-refractivity contribution in [2.45, 2.75) is 19.6 Å². The van der Waals surface area contributed by atoms with Crippen LogP contribution in [0.25, 0.3) is 10.7 Å². The van der Waals surface area contributed by atoms with Gasteiger partial charge in [0.25, 0.3) is 0 Å². The lowest BCUT2D eigenvalue weighted by Crippen LogP contribution is -2.33. The molecule has 1 aromatic carbocycles. The van der Waals surface area contributed by atoms with Crippen LogP contribution < -0.4 is 5.48 Å². The Bertz CT molecular complexity index is 688. The van der Waals surface area contributed by atoms with Gasteiger partial charge >= 0.3 is 0 Å². The molecule has 6 heteroatoms. The number of rotatable bonds is 6. The summed E-state index contributed by atoms with van der Waals surface area (Å²) < 4.78 is 5.24. The third kappa shape index (κ3) is 4.69. The molecular weight excluding hydrogens is 335 g/mol. The lowest BCUT2D eigenvalue weighted by molar-refractivity contribution is -0.220. The van der Waals surface area contributed by atoms with Gasteiger partial charge in [0, 0.05) is 30.6 Å². The van der Waals surface area contributed by atoms with Crippen molar-refractivity contribution in [2.24, 2.45) is 0 Å². The monoisotopic (exact) mass is 352 g/mol. The number of ether oxygens (including phenoxy) is 1. The summed E-state index contributed by atoms with van der Waals surface area (Å²) in [5.74, 6) is -0.823. The van der Waals surface area contributed by atoms with E-state index in [-0.39, 0.29) is 0 Å². The smallest absolute Gasteiger partial charge is 0.187 e. The Morgan fingerprint density at radius 1 is 1.17 bits per heavy atom. The molecule has 122 valence electrons. The van der Waals surface area contributed by atoms with Crippen molar-refractivity contribution in [3.8, 4) is 0 Å². The van der Waals surface area contributed by atoms with Gasteiger partial charge in [0.15, 0.2) is 5.79 Å². The topological polar surface area (TPSA) is 43.4 Å². The molecule has 0 unspecified atom stereocenters. The van der Waals surface area contributed by atoms with Crippen LogP contribution >= 0.6 is 23.2 Å². The first-order valence-corrected chi connectivity index (χ1v) is 7.74. The molecule has 4 nitrogen and oxygen atoms in total. The van der Waals surface area contributed by atoms with Crippen LogP contribution in [0.3, 0.4) is 0 Å². The molecule has 0 radical (unpaired) electrons. The van der Waals surface area contributed by atoms with Crippen molar-refractivity contribution in [1.82, 2.24) is 10.5 Å². The minimum atomic E-state index is -0.823. The van der Waals surface area contributed by atoms with Crippen LogP contribution in [-0.4, -0.2) is 17.9 Å². The average molecular weight is 353 g/mol. The van der Waals surface area contributed by atoms with Crippen LogP contribution in [0.5, 0.6) is 0 Å². The van der Waals surface area contributed by atoms with E-state index in [2.05, 4.69) is 10.5 Å². The summed E-state index contributed by atoms with van der Waals surface area (Å²) in [5.41, 5.74) is 4.93. The summed E-state index contributed by atoms with van der Waals surface area (Å²) in [4.78, 5) is 9.67. The van der Waals surface area contributed by atoms with Gasteiger partial charge < -0.3 is 4.74 Å². The lowest BCUT2D eigenvalue weighted by Gasteiger charge is -2.25. The molecule has 0 saturated carbocycles. The Hall–Kier alpha value is -1.59. The van der Waals surface area contributed by atoms with E-state index in [0.717, 1.165) is 5.56 Å². The molecule has 1 aromatic heterocycles. The van der Waals surface area contributed by atoms with Gasteiger partial charge in [0.1, 0.15) is 0 Å². The number of nitrogens with one attached hydrogen (secondary N) is 1. The highest BCUT2D eigenvalue weighted by Crippen LogP contribution is 2.32. The van der Waals surface area contributed by atoms with Crippen LogP contribution in [0.2, 0.25) is 5.02 Å². The molecular formula is C17H18Cl2N2O2. The Kier molecular flexibility index (Phi) is 6.02. The van der Waals surface area contributed by atoms with Crippen LogP contribution in [0.1, 0.15) is 25.0 Å². The normalized spacial score (nSPS) is 12.7. The average Bonchev–Trinajstić information content (AvgIpc) is 2.56. The van der Waals surface area contributed by atoms with E-state index in [4.69, 9.17) is 32.8 Å². The van der Waals surface area contributed by atoms with Crippen molar-refractivity contribution >= 4 is 33.9 Å². The standard InChI is InChI=1S/C17H18Cl2N2O2/c1-17(2,22-3)23-21-16(12-7-5-4-6-8-12)15(19)13-11-20-10-9-14(13)18/h4-11,21H,1-3H3. The lowest BCUT2D eigenvalue weighted by atomic mass is 10.1. The highest BCUT2D eigenvalue weighted by molar-refractivity contribution is 6.54. The third-order valence-corrected chi connectivity index (χ3v) is 3.90. The fourth-order valence-corrected chi connectivity index (χ4v) is 2.27. The number of methoxy groups -OCH3 is 1. The van der Waals surface area contributed by atoms with Gasteiger partial charge in [-0.15, -0.1) is 0 Å². The van der Waals surface area contributed by atoms with Gasteiger partial charge in [-0.3, -0.25) is 10.5 Å².